The van der Waals surface area contributed by atoms with Gasteiger partial charge in [-0.05, 0) is 74.5 Å². The summed E-state index contributed by atoms with van der Waals surface area (Å²) in [6, 6.07) is 5.46. The third-order valence-electron chi connectivity index (χ3n) is 7.04. The van der Waals surface area contributed by atoms with Crippen LogP contribution >= 0.6 is 11.6 Å². The number of aryl methyl sites for hydroxylation is 1. The van der Waals surface area contributed by atoms with E-state index in [0.29, 0.717) is 35.3 Å². The van der Waals surface area contributed by atoms with Crippen LogP contribution in [0.1, 0.15) is 38.5 Å². The molecule has 31 heavy (non-hydrogen) atoms. The quantitative estimate of drug-likeness (QED) is 0.679. The number of hydrogen-bond donors (Lipinski definition) is 2. The van der Waals surface area contributed by atoms with Crippen LogP contribution in [0.25, 0.3) is 11.3 Å². The Bertz CT molecular complexity index is 934. The van der Waals surface area contributed by atoms with Crippen LogP contribution in [0, 0.1) is 17.8 Å². The first-order chi connectivity index (χ1) is 14.9. The molecule has 1 heterocycles. The Kier molecular flexibility index (Phi) is 5.34. The van der Waals surface area contributed by atoms with Crippen molar-refractivity contribution in [3.63, 3.8) is 0 Å². The molecule has 166 valence electrons. The van der Waals surface area contributed by atoms with E-state index in [-0.39, 0.29) is 11.7 Å². The Morgan fingerprint density at radius 1 is 1.26 bits per heavy atom. The number of nitrogens with two attached hydrogens (primary N) is 1. The van der Waals surface area contributed by atoms with Gasteiger partial charge in [0.05, 0.1) is 16.9 Å². The molecule has 4 bridgehead atoms. The standard InChI is InChI=1S/C23H29ClN4O3/c1-28-21(19(24)13-26-28)18-9-17(2-3-20(18)30-5-4-25)27-22(29)31-23-10-14-6-15(11-23)8-16(7-14)12-23/h2-3,9,13-16H,4-8,10-12,25H2,1H3,(H,27,29). The smallest absolute Gasteiger partial charge is 0.412 e. The first-order valence-corrected chi connectivity index (χ1v) is 11.5. The minimum Gasteiger partial charge on any atom is -0.492 e. The van der Waals surface area contributed by atoms with Gasteiger partial charge in [-0.2, -0.15) is 5.10 Å². The lowest BCUT2D eigenvalue weighted by atomic mass is 9.54. The molecule has 0 aliphatic heterocycles. The largest absolute Gasteiger partial charge is 0.492 e. The number of ether oxygens (including phenoxy) is 2. The highest BCUT2D eigenvalue weighted by Crippen LogP contribution is 2.57. The van der Waals surface area contributed by atoms with Crippen LogP contribution in [-0.2, 0) is 11.8 Å². The first-order valence-electron chi connectivity index (χ1n) is 11.1. The zero-order valence-corrected chi connectivity index (χ0v) is 18.5. The number of amides is 1. The minimum atomic E-state index is -0.389. The van der Waals surface area contributed by atoms with Gasteiger partial charge >= 0.3 is 6.09 Å². The van der Waals surface area contributed by atoms with Gasteiger partial charge in [0, 0.05) is 24.8 Å². The highest BCUT2D eigenvalue weighted by molar-refractivity contribution is 6.33. The van der Waals surface area contributed by atoms with E-state index in [0.717, 1.165) is 42.6 Å². The number of anilines is 1. The molecule has 4 aliphatic carbocycles. The molecule has 4 fully saturated rings. The van der Waals surface area contributed by atoms with Crippen molar-refractivity contribution in [2.24, 2.45) is 30.5 Å². The van der Waals surface area contributed by atoms with Gasteiger partial charge in [0.25, 0.3) is 0 Å². The number of rotatable bonds is 6. The number of aromatic nitrogens is 2. The summed E-state index contributed by atoms with van der Waals surface area (Å²) in [7, 11) is 1.81. The lowest BCUT2D eigenvalue weighted by Gasteiger charge is -2.55. The van der Waals surface area contributed by atoms with Crippen LogP contribution in [0.2, 0.25) is 5.02 Å². The fraction of sp³-hybridized carbons (Fsp3) is 0.565. The average molecular weight is 445 g/mol. The molecule has 0 unspecified atom stereocenters. The molecule has 1 aromatic heterocycles. The van der Waals surface area contributed by atoms with Crippen molar-refractivity contribution >= 4 is 23.4 Å². The van der Waals surface area contributed by atoms with Crippen LogP contribution in [0.4, 0.5) is 10.5 Å². The minimum absolute atomic E-state index is 0.281. The van der Waals surface area contributed by atoms with Crippen LogP contribution in [0.3, 0.4) is 0 Å². The Labute approximate surface area is 187 Å². The molecule has 4 saturated carbocycles. The number of carbonyl (C=O) groups excluding carboxylic acids is 1. The van der Waals surface area contributed by atoms with Gasteiger partial charge in [-0.3, -0.25) is 10.00 Å². The van der Waals surface area contributed by atoms with Gasteiger partial charge in [0.1, 0.15) is 18.0 Å². The van der Waals surface area contributed by atoms with E-state index in [4.69, 9.17) is 26.8 Å². The maximum Gasteiger partial charge on any atom is 0.412 e. The average Bonchev–Trinajstić information content (AvgIpc) is 3.03. The van der Waals surface area contributed by atoms with Crippen molar-refractivity contribution in [1.29, 1.82) is 0 Å². The first kappa shape index (κ1) is 20.6. The number of benzene rings is 1. The van der Waals surface area contributed by atoms with Crippen LogP contribution < -0.4 is 15.8 Å². The van der Waals surface area contributed by atoms with Crippen molar-refractivity contribution < 1.29 is 14.3 Å². The van der Waals surface area contributed by atoms with Crippen LogP contribution in [0.5, 0.6) is 5.75 Å². The van der Waals surface area contributed by atoms with Gasteiger partial charge in [0.2, 0.25) is 0 Å². The number of halogens is 1. The molecular weight excluding hydrogens is 416 g/mol. The summed E-state index contributed by atoms with van der Waals surface area (Å²) in [4.78, 5) is 12.9. The van der Waals surface area contributed by atoms with E-state index in [1.807, 2.05) is 19.2 Å². The van der Waals surface area contributed by atoms with Crippen molar-refractivity contribution in [1.82, 2.24) is 9.78 Å². The zero-order chi connectivity index (χ0) is 21.6. The monoisotopic (exact) mass is 444 g/mol. The summed E-state index contributed by atoms with van der Waals surface area (Å²) in [6.45, 7) is 0.777. The zero-order valence-electron chi connectivity index (χ0n) is 17.8. The lowest BCUT2D eigenvalue weighted by molar-refractivity contribution is -0.124. The predicted octanol–water partition coefficient (Wildman–Crippen LogP) is 4.60. The van der Waals surface area contributed by atoms with Crippen LogP contribution in [-0.4, -0.2) is 34.6 Å². The van der Waals surface area contributed by atoms with E-state index in [1.165, 1.54) is 19.3 Å². The van der Waals surface area contributed by atoms with Gasteiger partial charge in [-0.15, -0.1) is 0 Å². The summed E-state index contributed by atoms with van der Waals surface area (Å²) in [5.74, 6) is 2.79. The molecule has 4 aliphatic rings. The summed E-state index contributed by atoms with van der Waals surface area (Å²) >= 11 is 6.37. The highest BCUT2D eigenvalue weighted by Gasteiger charge is 2.53. The fourth-order valence-electron chi connectivity index (χ4n) is 6.30. The molecule has 0 saturated heterocycles. The van der Waals surface area contributed by atoms with Gasteiger partial charge in [0.15, 0.2) is 0 Å². The molecule has 7 nitrogen and oxygen atoms in total. The normalized spacial score (nSPS) is 28.5. The maximum absolute atomic E-state index is 12.9. The Morgan fingerprint density at radius 2 is 1.94 bits per heavy atom. The van der Waals surface area contributed by atoms with Crippen molar-refractivity contribution in [3.05, 3.63) is 29.4 Å². The number of carbonyl (C=O) groups is 1. The molecule has 8 heteroatoms. The van der Waals surface area contributed by atoms with Crippen molar-refractivity contribution in [2.45, 2.75) is 44.1 Å². The summed E-state index contributed by atoms with van der Waals surface area (Å²) < 4.78 is 13.6. The SMILES string of the molecule is Cn1ncc(Cl)c1-c1cc(NC(=O)OC23CC4CC(CC(C4)C2)C3)ccc1OCCN. The van der Waals surface area contributed by atoms with Crippen LogP contribution in [0.15, 0.2) is 24.4 Å². The van der Waals surface area contributed by atoms with E-state index in [2.05, 4.69) is 10.4 Å². The Morgan fingerprint density at radius 3 is 2.52 bits per heavy atom. The second kappa shape index (κ2) is 8.02. The maximum atomic E-state index is 12.9. The molecular formula is C23H29ClN4O3. The summed E-state index contributed by atoms with van der Waals surface area (Å²) in [5, 5.41) is 7.65. The third-order valence-corrected chi connectivity index (χ3v) is 7.32. The topological polar surface area (TPSA) is 91.4 Å². The van der Waals surface area contributed by atoms with Gasteiger partial charge in [-0.1, -0.05) is 11.6 Å². The van der Waals surface area contributed by atoms with E-state index < -0.39 is 0 Å². The van der Waals surface area contributed by atoms with E-state index >= 15 is 0 Å². The molecule has 0 atom stereocenters. The van der Waals surface area contributed by atoms with E-state index in [9.17, 15) is 4.79 Å². The van der Waals surface area contributed by atoms with Gasteiger partial charge in [-0.25, -0.2) is 4.79 Å². The lowest BCUT2D eigenvalue weighted by Crippen LogP contribution is -2.53. The Balaban J connectivity index is 1.36. The number of nitrogens with one attached hydrogen (secondary N) is 1. The summed E-state index contributed by atoms with van der Waals surface area (Å²) in [5.41, 5.74) is 7.40. The van der Waals surface area contributed by atoms with Crippen molar-refractivity contribution in [2.75, 3.05) is 18.5 Å². The number of nitrogens with zero attached hydrogens (tertiary/aromatic N) is 2. The molecule has 6 rings (SSSR count). The highest BCUT2D eigenvalue weighted by atomic mass is 35.5. The summed E-state index contributed by atoms with van der Waals surface area (Å²) in [6.07, 6.45) is 8.15. The molecule has 1 aromatic carbocycles. The molecule has 0 radical (unpaired) electrons. The van der Waals surface area contributed by atoms with Crippen molar-refractivity contribution in [3.8, 4) is 17.0 Å². The molecule has 0 spiro atoms. The second-order valence-corrected chi connectivity index (χ2v) is 9.84. The second-order valence-electron chi connectivity index (χ2n) is 9.43. The van der Waals surface area contributed by atoms with Gasteiger partial charge < -0.3 is 15.2 Å². The number of hydrogen-bond acceptors (Lipinski definition) is 5. The molecule has 3 N–H and O–H groups in total. The third kappa shape index (κ3) is 4.01. The molecule has 1 amide bonds. The van der Waals surface area contributed by atoms with E-state index in [1.54, 1.807) is 16.9 Å². The Hall–Kier alpha value is -2.25. The fourth-order valence-corrected chi connectivity index (χ4v) is 6.57. The molecule has 2 aromatic rings. The predicted molar refractivity (Wildman–Crippen MR) is 119 cm³/mol.